The first-order chi connectivity index (χ1) is 14.6. The van der Waals surface area contributed by atoms with E-state index in [-0.39, 0.29) is 17.1 Å². The topological polar surface area (TPSA) is 83.4 Å². The highest BCUT2D eigenvalue weighted by Crippen LogP contribution is 2.31. The fraction of sp³-hybridized carbons (Fsp3) is 0.182. The number of hydrogen-bond acceptors (Lipinski definition) is 2. The van der Waals surface area contributed by atoms with Crippen LogP contribution in [0.5, 0.6) is 0 Å². The summed E-state index contributed by atoms with van der Waals surface area (Å²) < 4.78 is 40.4. The van der Waals surface area contributed by atoms with Crippen molar-refractivity contribution in [1.82, 2.24) is 4.57 Å². The summed E-state index contributed by atoms with van der Waals surface area (Å²) in [6.45, 7) is 3.68. The average Bonchev–Trinajstić information content (AvgIpc) is 2.92. The Labute approximate surface area is 176 Å². The summed E-state index contributed by atoms with van der Waals surface area (Å²) >= 11 is 0. The molecule has 0 saturated heterocycles. The number of nitrogens with zero attached hydrogens (tertiary/aromatic N) is 1. The highest BCUT2D eigenvalue weighted by atomic mass is 19.4. The molecule has 1 aromatic heterocycles. The van der Waals surface area contributed by atoms with Crippen LogP contribution < -0.4 is 10.6 Å². The fourth-order valence-electron chi connectivity index (χ4n) is 3.26. The van der Waals surface area contributed by atoms with Crippen LogP contribution in [-0.4, -0.2) is 21.7 Å². The van der Waals surface area contributed by atoms with E-state index in [1.165, 1.54) is 12.1 Å². The standard InChI is InChI=1S/C22H20F3N3O3/c1-13-14(2)28(12-15-7-4-3-5-8-15)19(18(13)20(29)30)27-21(31)26-17-10-6-9-16(11-17)22(23,24)25/h3-11H,12H2,1-2H3,(H,29,30)(H2,26,27,31). The minimum Gasteiger partial charge on any atom is -0.478 e. The number of aromatic carboxylic acids is 1. The van der Waals surface area contributed by atoms with Crippen LogP contribution in [0, 0.1) is 13.8 Å². The fourth-order valence-corrected chi connectivity index (χ4v) is 3.26. The molecule has 2 amide bonds. The number of nitrogens with one attached hydrogen (secondary N) is 2. The zero-order valence-corrected chi connectivity index (χ0v) is 16.7. The molecule has 9 heteroatoms. The van der Waals surface area contributed by atoms with Gasteiger partial charge in [0, 0.05) is 17.9 Å². The van der Waals surface area contributed by atoms with E-state index < -0.39 is 23.7 Å². The predicted octanol–water partition coefficient (Wildman–Crippen LogP) is 5.51. The summed E-state index contributed by atoms with van der Waals surface area (Å²) in [6.07, 6.45) is -4.55. The van der Waals surface area contributed by atoms with Gasteiger partial charge in [0.1, 0.15) is 11.4 Å². The van der Waals surface area contributed by atoms with Gasteiger partial charge in [0.25, 0.3) is 0 Å². The van der Waals surface area contributed by atoms with Crippen molar-refractivity contribution >= 4 is 23.5 Å². The lowest BCUT2D eigenvalue weighted by molar-refractivity contribution is -0.137. The van der Waals surface area contributed by atoms with Crippen molar-refractivity contribution in [1.29, 1.82) is 0 Å². The summed E-state index contributed by atoms with van der Waals surface area (Å²) in [5.41, 5.74) is 0.967. The molecule has 0 aliphatic rings. The van der Waals surface area contributed by atoms with Crippen LogP contribution in [0.1, 0.15) is 32.7 Å². The molecule has 0 bridgehead atoms. The smallest absolute Gasteiger partial charge is 0.416 e. The lowest BCUT2D eigenvalue weighted by Crippen LogP contribution is -2.23. The normalized spacial score (nSPS) is 11.3. The minimum absolute atomic E-state index is 0.0517. The second kappa shape index (κ2) is 8.55. The first-order valence-electron chi connectivity index (χ1n) is 9.30. The van der Waals surface area contributed by atoms with Gasteiger partial charge in [-0.1, -0.05) is 36.4 Å². The number of carboxylic acids is 1. The molecule has 6 nitrogen and oxygen atoms in total. The molecule has 1 heterocycles. The van der Waals surface area contributed by atoms with Gasteiger partial charge in [0.2, 0.25) is 0 Å². The summed E-state index contributed by atoms with van der Waals surface area (Å²) in [7, 11) is 0. The minimum atomic E-state index is -4.55. The maximum absolute atomic E-state index is 12.9. The number of aromatic nitrogens is 1. The van der Waals surface area contributed by atoms with Crippen molar-refractivity contribution in [2.75, 3.05) is 10.6 Å². The molecule has 162 valence electrons. The first-order valence-corrected chi connectivity index (χ1v) is 9.30. The van der Waals surface area contributed by atoms with E-state index in [4.69, 9.17) is 0 Å². The van der Waals surface area contributed by atoms with E-state index in [0.717, 1.165) is 17.7 Å². The lowest BCUT2D eigenvalue weighted by atomic mass is 10.1. The number of carbonyl (C=O) groups is 2. The Morgan fingerprint density at radius 1 is 1.00 bits per heavy atom. The van der Waals surface area contributed by atoms with E-state index >= 15 is 0 Å². The highest BCUT2D eigenvalue weighted by Gasteiger charge is 2.30. The lowest BCUT2D eigenvalue weighted by Gasteiger charge is -2.15. The van der Waals surface area contributed by atoms with Crippen LogP contribution in [0.25, 0.3) is 0 Å². The Balaban J connectivity index is 1.92. The molecule has 3 N–H and O–H groups in total. The third-order valence-corrected chi connectivity index (χ3v) is 4.91. The number of urea groups is 1. The maximum atomic E-state index is 12.9. The molecule has 3 aromatic rings. The molecular formula is C22H20F3N3O3. The van der Waals surface area contributed by atoms with Crippen molar-refractivity contribution in [3.63, 3.8) is 0 Å². The third kappa shape index (κ3) is 4.88. The van der Waals surface area contributed by atoms with E-state index in [1.807, 2.05) is 30.3 Å². The van der Waals surface area contributed by atoms with E-state index in [0.29, 0.717) is 17.8 Å². The van der Waals surface area contributed by atoms with Crippen LogP contribution in [0.4, 0.5) is 29.5 Å². The van der Waals surface area contributed by atoms with Crippen molar-refractivity contribution in [3.8, 4) is 0 Å². The molecule has 0 aliphatic heterocycles. The Morgan fingerprint density at radius 3 is 2.29 bits per heavy atom. The van der Waals surface area contributed by atoms with Gasteiger partial charge in [0.15, 0.2) is 0 Å². The number of rotatable bonds is 5. The quantitative estimate of drug-likeness (QED) is 0.498. The van der Waals surface area contributed by atoms with Crippen LogP contribution in [0.3, 0.4) is 0 Å². The average molecular weight is 431 g/mol. The summed E-state index contributed by atoms with van der Waals surface area (Å²) in [5.74, 6) is -1.17. The number of hydrogen-bond donors (Lipinski definition) is 3. The van der Waals surface area contributed by atoms with Crippen molar-refractivity contribution in [2.24, 2.45) is 0 Å². The monoisotopic (exact) mass is 431 g/mol. The zero-order chi connectivity index (χ0) is 22.8. The van der Waals surface area contributed by atoms with Gasteiger partial charge in [-0.15, -0.1) is 0 Å². The van der Waals surface area contributed by atoms with Gasteiger partial charge >= 0.3 is 18.2 Å². The molecule has 0 spiro atoms. The van der Waals surface area contributed by atoms with Gasteiger partial charge in [0.05, 0.1) is 5.56 Å². The number of amides is 2. The number of halogens is 3. The molecule has 31 heavy (non-hydrogen) atoms. The SMILES string of the molecule is Cc1c(C(=O)O)c(NC(=O)Nc2cccc(C(F)(F)F)c2)n(Cc2ccccc2)c1C. The molecule has 0 atom stereocenters. The largest absolute Gasteiger partial charge is 0.478 e. The molecular weight excluding hydrogens is 411 g/mol. The van der Waals surface area contributed by atoms with Crippen molar-refractivity contribution < 1.29 is 27.9 Å². The van der Waals surface area contributed by atoms with E-state index in [2.05, 4.69) is 10.6 Å². The number of carbonyl (C=O) groups excluding carboxylic acids is 1. The molecule has 0 fully saturated rings. The van der Waals surface area contributed by atoms with Gasteiger partial charge in [-0.3, -0.25) is 5.32 Å². The number of anilines is 2. The van der Waals surface area contributed by atoms with Gasteiger partial charge in [-0.05, 0) is 43.2 Å². The van der Waals surface area contributed by atoms with Crippen LogP contribution in [0.2, 0.25) is 0 Å². The summed E-state index contributed by atoms with van der Waals surface area (Å²) in [4.78, 5) is 24.4. The van der Waals surface area contributed by atoms with Gasteiger partial charge in [-0.25, -0.2) is 9.59 Å². The Bertz CT molecular complexity index is 1120. The van der Waals surface area contributed by atoms with Crippen LogP contribution in [0.15, 0.2) is 54.6 Å². The van der Waals surface area contributed by atoms with Gasteiger partial charge < -0.3 is 15.0 Å². The maximum Gasteiger partial charge on any atom is 0.416 e. The Morgan fingerprint density at radius 2 is 1.68 bits per heavy atom. The van der Waals surface area contributed by atoms with Crippen LogP contribution >= 0.6 is 0 Å². The number of alkyl halides is 3. The van der Waals surface area contributed by atoms with Gasteiger partial charge in [-0.2, -0.15) is 13.2 Å². The summed E-state index contributed by atoms with van der Waals surface area (Å²) in [6, 6.07) is 12.6. The second-order valence-electron chi connectivity index (χ2n) is 6.97. The third-order valence-electron chi connectivity index (χ3n) is 4.91. The molecule has 0 aliphatic carbocycles. The Hall–Kier alpha value is -3.75. The van der Waals surface area contributed by atoms with Crippen molar-refractivity contribution in [2.45, 2.75) is 26.6 Å². The van der Waals surface area contributed by atoms with Crippen LogP contribution in [-0.2, 0) is 12.7 Å². The van der Waals surface area contributed by atoms with E-state index in [9.17, 15) is 27.9 Å². The predicted molar refractivity (Wildman–Crippen MR) is 110 cm³/mol. The Kier molecular flexibility index (Phi) is 6.05. The van der Waals surface area contributed by atoms with E-state index in [1.54, 1.807) is 18.4 Å². The molecule has 0 unspecified atom stereocenters. The summed E-state index contributed by atoms with van der Waals surface area (Å²) in [5, 5.41) is 14.5. The second-order valence-corrected chi connectivity index (χ2v) is 6.97. The number of benzene rings is 2. The molecule has 0 saturated carbocycles. The zero-order valence-electron chi connectivity index (χ0n) is 16.7. The highest BCUT2D eigenvalue weighted by molar-refractivity contribution is 6.05. The molecule has 2 aromatic carbocycles. The molecule has 3 rings (SSSR count). The first kappa shape index (κ1) is 21.9. The van der Waals surface area contributed by atoms with Crippen molar-refractivity contribution in [3.05, 3.63) is 82.5 Å². The number of carboxylic acid groups (broad SMARTS) is 1. The molecule has 0 radical (unpaired) electrons.